The van der Waals surface area contributed by atoms with Crippen LogP contribution in [0, 0.1) is 5.82 Å². The van der Waals surface area contributed by atoms with E-state index in [-0.39, 0.29) is 11.5 Å². The van der Waals surface area contributed by atoms with Gasteiger partial charge in [0.05, 0.1) is 14.2 Å². The number of methoxy groups -OCH3 is 2. The number of amides is 2. The Morgan fingerprint density at radius 1 is 0.939 bits per heavy atom. The molecule has 4 rings (SSSR count). The maximum Gasteiger partial charge on any atom is 0.304 e. The van der Waals surface area contributed by atoms with Gasteiger partial charge in [-0.3, -0.25) is 9.59 Å². The predicted octanol–water partition coefficient (Wildman–Crippen LogP) is 2.86. The van der Waals surface area contributed by atoms with Gasteiger partial charge in [0.25, 0.3) is 5.91 Å². The van der Waals surface area contributed by atoms with Crippen LogP contribution in [0.15, 0.2) is 72.8 Å². The van der Waals surface area contributed by atoms with Gasteiger partial charge >= 0.3 is 5.91 Å². The van der Waals surface area contributed by atoms with Crippen molar-refractivity contribution in [3.63, 3.8) is 0 Å². The highest BCUT2D eigenvalue weighted by atomic mass is 19.1. The summed E-state index contributed by atoms with van der Waals surface area (Å²) in [7, 11) is 3.17. The van der Waals surface area contributed by atoms with Crippen molar-refractivity contribution in [3.05, 3.63) is 95.3 Å². The zero-order chi connectivity index (χ0) is 23.4. The first-order valence-electron chi connectivity index (χ1n) is 10.3. The Bertz CT molecular complexity index is 1180. The number of halogens is 1. The van der Waals surface area contributed by atoms with E-state index in [1.165, 1.54) is 24.3 Å². The molecule has 168 valence electrons. The van der Waals surface area contributed by atoms with Crippen LogP contribution in [0.25, 0.3) is 0 Å². The first-order valence-corrected chi connectivity index (χ1v) is 10.3. The minimum atomic E-state index is -0.884. The quantitative estimate of drug-likeness (QED) is 0.569. The molecule has 33 heavy (non-hydrogen) atoms. The van der Waals surface area contributed by atoms with Crippen LogP contribution in [0.5, 0.6) is 11.5 Å². The number of benzene rings is 3. The zero-order valence-corrected chi connectivity index (χ0v) is 18.1. The molecule has 1 fully saturated rings. The number of hydrogen-bond acceptors (Lipinski definition) is 4. The molecule has 0 spiro atoms. The molecule has 2 amide bonds. The molecule has 0 bridgehead atoms. The molecule has 0 unspecified atom stereocenters. The number of ether oxygens (including phenoxy) is 2. The van der Waals surface area contributed by atoms with Crippen LogP contribution < -0.4 is 20.2 Å². The summed E-state index contributed by atoms with van der Waals surface area (Å²) < 4.78 is 25.4. The van der Waals surface area contributed by atoms with Gasteiger partial charge in [0, 0.05) is 16.7 Å². The van der Waals surface area contributed by atoms with E-state index >= 15 is 0 Å². The van der Waals surface area contributed by atoms with Gasteiger partial charge in [-0.2, -0.15) is 0 Å². The van der Waals surface area contributed by atoms with Gasteiger partial charge in [-0.15, -0.1) is 10.1 Å². The van der Waals surface area contributed by atoms with Gasteiger partial charge in [0.2, 0.25) is 12.3 Å². The molecule has 8 heteroatoms. The number of carbonyl (C=O) groups is 2. The van der Waals surface area contributed by atoms with Gasteiger partial charge in [0.1, 0.15) is 17.3 Å². The molecule has 1 saturated heterocycles. The monoisotopic (exact) mass is 448 g/mol. The van der Waals surface area contributed by atoms with Crippen LogP contribution in [-0.4, -0.2) is 43.0 Å². The number of hydrazone groups is 1. The standard InChI is InChI=1S/C25H22FN3O4/c1-32-20-11-3-16(4-12-20)15-29-23(17-7-13-21(33-2)14-8-17)22(25(31)28-29)27-24(30)18-5-9-19(26)10-6-18/h3-15,22-23H,1-2H3,(H-,27,28,30,31)/p+1/b29-15-/t22-,23-/m1/s1. The summed E-state index contributed by atoms with van der Waals surface area (Å²) in [5, 5.41) is 2.79. The van der Waals surface area contributed by atoms with Gasteiger partial charge in [-0.05, 0) is 72.8 Å². The Kier molecular flexibility index (Phi) is 6.35. The molecule has 1 heterocycles. The molecule has 7 nitrogen and oxygen atoms in total. The Morgan fingerprint density at radius 2 is 1.52 bits per heavy atom. The Morgan fingerprint density at radius 3 is 2.09 bits per heavy atom. The zero-order valence-electron chi connectivity index (χ0n) is 18.1. The van der Waals surface area contributed by atoms with E-state index in [0.29, 0.717) is 11.5 Å². The fraction of sp³-hybridized carbons (Fsp3) is 0.160. The highest BCUT2D eigenvalue weighted by molar-refractivity contribution is 5.98. The second-order valence-electron chi connectivity index (χ2n) is 7.46. The van der Waals surface area contributed by atoms with Crippen molar-refractivity contribution >= 4 is 18.0 Å². The Labute approximate surface area is 190 Å². The molecule has 0 radical (unpaired) electrons. The molecule has 0 aromatic heterocycles. The molecular formula is C25H23FN3O4+. The van der Waals surface area contributed by atoms with E-state index in [9.17, 15) is 14.0 Å². The summed E-state index contributed by atoms with van der Waals surface area (Å²) in [6.07, 6.45) is 1.79. The van der Waals surface area contributed by atoms with Gasteiger partial charge < -0.3 is 14.8 Å². The average molecular weight is 448 g/mol. The second kappa shape index (κ2) is 9.52. The normalized spacial score (nSPS) is 18.6. The summed E-state index contributed by atoms with van der Waals surface area (Å²) in [4.78, 5) is 25.7. The fourth-order valence-electron chi connectivity index (χ4n) is 3.66. The van der Waals surface area contributed by atoms with E-state index in [2.05, 4.69) is 10.7 Å². The van der Waals surface area contributed by atoms with E-state index in [1.54, 1.807) is 37.3 Å². The summed E-state index contributed by atoms with van der Waals surface area (Å²) in [6.45, 7) is 0. The minimum absolute atomic E-state index is 0.260. The van der Waals surface area contributed by atoms with Crippen LogP contribution in [0.2, 0.25) is 0 Å². The van der Waals surface area contributed by atoms with Crippen molar-refractivity contribution < 1.29 is 28.1 Å². The molecular weight excluding hydrogens is 425 g/mol. The highest BCUT2D eigenvalue weighted by Crippen LogP contribution is 2.27. The molecule has 2 N–H and O–H groups in total. The lowest BCUT2D eigenvalue weighted by Gasteiger charge is -2.15. The molecule has 0 aliphatic carbocycles. The lowest BCUT2D eigenvalue weighted by molar-refractivity contribution is -0.596. The maximum absolute atomic E-state index is 13.2. The second-order valence-corrected chi connectivity index (χ2v) is 7.46. The largest absolute Gasteiger partial charge is 0.497 e. The van der Waals surface area contributed by atoms with Gasteiger partial charge in [-0.1, -0.05) is 0 Å². The van der Waals surface area contributed by atoms with Crippen LogP contribution in [-0.2, 0) is 4.79 Å². The topological polar surface area (TPSA) is 79.7 Å². The number of rotatable bonds is 6. The van der Waals surface area contributed by atoms with Crippen molar-refractivity contribution in [2.75, 3.05) is 14.2 Å². The number of hydrazine groups is 1. The Balaban J connectivity index is 1.68. The summed E-state index contributed by atoms with van der Waals surface area (Å²) in [5.41, 5.74) is 4.71. The number of carbonyl (C=O) groups excluding carboxylic acids is 2. The van der Waals surface area contributed by atoms with Crippen LogP contribution in [0.4, 0.5) is 4.39 Å². The summed E-state index contributed by atoms with van der Waals surface area (Å²) >= 11 is 0. The number of nitrogens with one attached hydrogen (secondary N) is 2. The predicted molar refractivity (Wildman–Crippen MR) is 120 cm³/mol. The third kappa shape index (κ3) is 4.85. The average Bonchev–Trinajstić information content (AvgIpc) is 3.14. The van der Waals surface area contributed by atoms with Crippen molar-refractivity contribution in [1.29, 1.82) is 0 Å². The summed E-state index contributed by atoms with van der Waals surface area (Å²) in [5.74, 6) is 0.111. The third-order valence-electron chi connectivity index (χ3n) is 5.39. The fourth-order valence-corrected chi connectivity index (χ4v) is 3.66. The lowest BCUT2D eigenvalue weighted by atomic mass is 9.99. The highest BCUT2D eigenvalue weighted by Gasteiger charge is 2.47. The van der Waals surface area contributed by atoms with Crippen molar-refractivity contribution in [3.8, 4) is 11.5 Å². The Hall–Kier alpha value is -4.20. The molecule has 1 aliphatic rings. The number of nitrogens with zero attached hydrogens (tertiary/aromatic N) is 1. The van der Waals surface area contributed by atoms with E-state index in [0.717, 1.165) is 11.1 Å². The SMILES string of the molecule is COc1ccc(/C=[N+]2\NC(=O)[C@H](NC(=O)c3ccc(F)cc3)[C@H]2c2ccc(OC)cc2)cc1. The molecule has 1 aliphatic heterocycles. The van der Waals surface area contributed by atoms with Crippen molar-refractivity contribution in [1.82, 2.24) is 10.7 Å². The van der Waals surface area contributed by atoms with Crippen LogP contribution >= 0.6 is 0 Å². The summed E-state index contributed by atoms with van der Waals surface area (Å²) in [6, 6.07) is 18.4. The third-order valence-corrected chi connectivity index (χ3v) is 5.39. The molecule has 3 aromatic carbocycles. The van der Waals surface area contributed by atoms with Crippen LogP contribution in [0.1, 0.15) is 27.5 Å². The van der Waals surface area contributed by atoms with E-state index in [1.807, 2.05) is 36.4 Å². The van der Waals surface area contributed by atoms with Gasteiger partial charge in [-0.25, -0.2) is 4.39 Å². The van der Waals surface area contributed by atoms with Crippen molar-refractivity contribution in [2.24, 2.45) is 0 Å². The number of hydrogen-bond donors (Lipinski definition) is 2. The van der Waals surface area contributed by atoms with E-state index in [4.69, 9.17) is 9.47 Å². The molecule has 0 saturated carbocycles. The maximum atomic E-state index is 13.2. The van der Waals surface area contributed by atoms with Crippen molar-refractivity contribution in [2.45, 2.75) is 12.1 Å². The first kappa shape index (κ1) is 22.0. The smallest absolute Gasteiger partial charge is 0.304 e. The van der Waals surface area contributed by atoms with E-state index < -0.39 is 23.8 Å². The first-order chi connectivity index (χ1) is 16.0. The lowest BCUT2D eigenvalue weighted by Crippen LogP contribution is -2.42. The molecule has 2 atom stereocenters. The molecule has 3 aromatic rings. The van der Waals surface area contributed by atoms with Gasteiger partial charge in [0.15, 0.2) is 6.04 Å². The minimum Gasteiger partial charge on any atom is -0.497 e. The van der Waals surface area contributed by atoms with Crippen LogP contribution in [0.3, 0.4) is 0 Å².